The zero-order valence-corrected chi connectivity index (χ0v) is 23.1. The third-order valence-electron chi connectivity index (χ3n) is 5.88. The van der Waals surface area contributed by atoms with Gasteiger partial charge in [0, 0.05) is 47.6 Å². The molecule has 0 aromatic carbocycles. The molecule has 41 heavy (non-hydrogen) atoms. The highest BCUT2D eigenvalue weighted by Crippen LogP contribution is 2.41. The summed E-state index contributed by atoms with van der Waals surface area (Å²) in [7, 11) is 0. The lowest BCUT2D eigenvalue weighted by Crippen LogP contribution is -2.28. The van der Waals surface area contributed by atoms with E-state index in [9.17, 15) is 22.8 Å². The Bertz CT molecular complexity index is 1550. The number of thiazole rings is 1. The van der Waals surface area contributed by atoms with Crippen molar-refractivity contribution in [2.75, 3.05) is 38.1 Å². The molecule has 12 nitrogen and oxygen atoms in total. The molecule has 0 aliphatic carbocycles. The molecule has 0 aliphatic heterocycles. The van der Waals surface area contributed by atoms with Crippen molar-refractivity contribution in [2.24, 2.45) is 0 Å². The van der Waals surface area contributed by atoms with E-state index < -0.39 is 23.7 Å². The molecule has 218 valence electrons. The first-order chi connectivity index (χ1) is 19.6. The van der Waals surface area contributed by atoms with Gasteiger partial charge in [-0.3, -0.25) is 5.32 Å². The second kappa shape index (κ2) is 12.9. The largest absolute Gasteiger partial charge is 0.476 e. The Morgan fingerprint density at radius 2 is 1.90 bits per heavy atom. The molecule has 0 radical (unpaired) electrons. The Labute approximate surface area is 236 Å². The van der Waals surface area contributed by atoms with Crippen LogP contribution < -0.4 is 21.1 Å². The lowest BCUT2D eigenvalue weighted by molar-refractivity contribution is -0.140. The summed E-state index contributed by atoms with van der Waals surface area (Å²) in [5, 5.41) is 12.1. The van der Waals surface area contributed by atoms with Gasteiger partial charge in [0.2, 0.25) is 5.88 Å². The van der Waals surface area contributed by atoms with Gasteiger partial charge in [0.05, 0.1) is 5.56 Å². The normalized spacial score (nSPS) is 11.6. The van der Waals surface area contributed by atoms with Crippen LogP contribution >= 0.6 is 11.3 Å². The van der Waals surface area contributed by atoms with Gasteiger partial charge in [0.25, 0.3) is 5.89 Å². The highest BCUT2D eigenvalue weighted by atomic mass is 32.1. The molecule has 0 fully saturated rings. The molecule has 16 heteroatoms. The van der Waals surface area contributed by atoms with Crippen LogP contribution in [0.15, 0.2) is 39.1 Å². The molecule has 4 heterocycles. The van der Waals surface area contributed by atoms with Crippen molar-refractivity contribution < 1.29 is 27.1 Å². The van der Waals surface area contributed by atoms with E-state index in [1.165, 1.54) is 18.5 Å². The molecule has 0 spiro atoms. The summed E-state index contributed by atoms with van der Waals surface area (Å²) < 4.78 is 51.4. The van der Waals surface area contributed by atoms with Crippen LogP contribution in [0.2, 0.25) is 0 Å². The highest BCUT2D eigenvalue weighted by molar-refractivity contribution is 7.13. The van der Waals surface area contributed by atoms with Crippen molar-refractivity contribution in [3.8, 4) is 39.0 Å². The number of ether oxygens (including phenoxy) is 1. The van der Waals surface area contributed by atoms with Crippen molar-refractivity contribution in [3.05, 3.63) is 46.2 Å². The minimum absolute atomic E-state index is 0.0273. The predicted octanol–water partition coefficient (Wildman–Crippen LogP) is 4.49. The number of amides is 2. The van der Waals surface area contributed by atoms with E-state index in [-0.39, 0.29) is 34.8 Å². The Kier molecular flexibility index (Phi) is 9.34. The third-order valence-corrected chi connectivity index (χ3v) is 6.75. The number of carbonyl (C=O) groups is 1. The molecule has 4 aromatic heterocycles. The molecule has 4 rings (SSSR count). The number of nitrogens with one attached hydrogen (secondary N) is 3. The lowest BCUT2D eigenvalue weighted by atomic mass is 10.0. The molecule has 0 saturated heterocycles. The zero-order valence-electron chi connectivity index (χ0n) is 22.3. The molecular weight excluding hydrogens is 565 g/mol. The SMILES string of the molecule is CCNC(=O)Nc1cc(-c2nc(C(F)(F)F)cs2)c(-c2cc(-c3n[nH]c(=O)o3)cnc2OCCN(CC)CC)cn1. The first-order valence-corrected chi connectivity index (χ1v) is 13.5. The van der Waals surface area contributed by atoms with E-state index in [1.54, 1.807) is 13.0 Å². The summed E-state index contributed by atoms with van der Waals surface area (Å²) in [5.41, 5.74) is 0.144. The molecule has 0 saturated carbocycles. The van der Waals surface area contributed by atoms with E-state index in [0.717, 1.165) is 29.8 Å². The number of hydrogen-bond acceptors (Lipinski definition) is 10. The van der Waals surface area contributed by atoms with Crippen molar-refractivity contribution in [3.63, 3.8) is 0 Å². The number of anilines is 1. The number of aromatic nitrogens is 5. The fraction of sp³-hybridized carbons (Fsp3) is 0.360. The Balaban J connectivity index is 1.85. The molecule has 0 bridgehead atoms. The van der Waals surface area contributed by atoms with Crippen LogP contribution in [0, 0.1) is 0 Å². The van der Waals surface area contributed by atoms with Gasteiger partial charge >= 0.3 is 18.0 Å². The summed E-state index contributed by atoms with van der Waals surface area (Å²) in [6.07, 6.45) is -1.87. The average molecular weight is 593 g/mol. The number of halogens is 3. The van der Waals surface area contributed by atoms with Gasteiger partial charge in [-0.05, 0) is 32.1 Å². The third kappa shape index (κ3) is 7.26. The smallest absolute Gasteiger partial charge is 0.434 e. The molecule has 0 aliphatic rings. The summed E-state index contributed by atoms with van der Waals surface area (Å²) in [6, 6.07) is 2.46. The van der Waals surface area contributed by atoms with Gasteiger partial charge in [0.1, 0.15) is 17.4 Å². The van der Waals surface area contributed by atoms with Crippen molar-refractivity contribution >= 4 is 23.2 Å². The Morgan fingerprint density at radius 3 is 2.54 bits per heavy atom. The molecular formula is C25H27F3N8O4S. The maximum Gasteiger partial charge on any atom is 0.434 e. The van der Waals surface area contributed by atoms with E-state index in [2.05, 4.69) is 40.7 Å². The van der Waals surface area contributed by atoms with Gasteiger partial charge in [-0.15, -0.1) is 16.4 Å². The number of rotatable bonds is 11. The summed E-state index contributed by atoms with van der Waals surface area (Å²) >= 11 is 0.781. The minimum atomic E-state index is -4.65. The van der Waals surface area contributed by atoms with Gasteiger partial charge in [-0.25, -0.2) is 29.6 Å². The number of nitrogens with zero attached hydrogens (tertiary/aromatic N) is 5. The van der Waals surface area contributed by atoms with Crippen molar-refractivity contribution in [1.82, 2.24) is 35.4 Å². The standard InChI is InChI=1S/C25H27F3N8O4S/c1-4-29-23(37)33-19-10-16(22-32-18(13-41-22)25(26,27)28)17(12-30-19)15-9-14(20-34-35-24(38)40-20)11-31-21(15)39-8-7-36(5-2)6-3/h9-13H,4-8H2,1-3H3,(H,35,38)(H2,29,30,33,37). The van der Waals surface area contributed by atoms with Gasteiger partial charge in [0.15, 0.2) is 5.69 Å². The fourth-order valence-electron chi connectivity index (χ4n) is 3.81. The first kappa shape index (κ1) is 29.7. The van der Waals surface area contributed by atoms with Gasteiger partial charge < -0.3 is 19.4 Å². The number of urea groups is 1. The molecule has 2 amide bonds. The number of H-pyrrole nitrogens is 1. The minimum Gasteiger partial charge on any atom is -0.476 e. The Morgan fingerprint density at radius 1 is 1.12 bits per heavy atom. The number of likely N-dealkylation sites (N-methyl/N-ethyl adjacent to an activating group) is 1. The van der Waals surface area contributed by atoms with Crippen LogP contribution in [0.25, 0.3) is 33.2 Å². The molecule has 0 unspecified atom stereocenters. The van der Waals surface area contributed by atoms with E-state index in [4.69, 9.17) is 9.15 Å². The second-order valence-corrected chi connectivity index (χ2v) is 9.36. The van der Waals surface area contributed by atoms with Crippen LogP contribution in [0.1, 0.15) is 26.5 Å². The average Bonchev–Trinajstić information content (AvgIpc) is 3.61. The number of hydrogen-bond donors (Lipinski definition) is 3. The number of aromatic amines is 1. The summed E-state index contributed by atoms with van der Waals surface area (Å²) in [6.45, 7) is 8.65. The fourth-order valence-corrected chi connectivity index (χ4v) is 4.66. The Hall–Kier alpha value is -4.31. The number of pyridine rings is 2. The predicted molar refractivity (Wildman–Crippen MR) is 146 cm³/mol. The summed E-state index contributed by atoms with van der Waals surface area (Å²) in [4.78, 5) is 38.3. The van der Waals surface area contributed by atoms with Gasteiger partial charge in [-0.2, -0.15) is 13.2 Å². The quantitative estimate of drug-likeness (QED) is 0.229. The van der Waals surface area contributed by atoms with Crippen LogP contribution in [-0.4, -0.2) is 68.9 Å². The maximum absolute atomic E-state index is 13.4. The monoisotopic (exact) mass is 592 g/mol. The number of alkyl halides is 3. The highest BCUT2D eigenvalue weighted by Gasteiger charge is 2.34. The lowest BCUT2D eigenvalue weighted by Gasteiger charge is -2.19. The molecule has 3 N–H and O–H groups in total. The van der Waals surface area contributed by atoms with Crippen LogP contribution in [0.3, 0.4) is 0 Å². The van der Waals surface area contributed by atoms with Crippen LogP contribution in [-0.2, 0) is 6.18 Å². The topological polar surface area (TPSA) is 151 Å². The van der Waals surface area contributed by atoms with Crippen molar-refractivity contribution in [1.29, 1.82) is 0 Å². The van der Waals surface area contributed by atoms with Crippen LogP contribution in [0.4, 0.5) is 23.8 Å². The molecule has 0 atom stereocenters. The zero-order chi connectivity index (χ0) is 29.6. The van der Waals surface area contributed by atoms with Crippen molar-refractivity contribution in [2.45, 2.75) is 26.9 Å². The molecule has 4 aromatic rings. The van der Waals surface area contributed by atoms with Gasteiger partial charge in [-0.1, -0.05) is 13.8 Å². The maximum atomic E-state index is 13.4. The van der Waals surface area contributed by atoms with E-state index in [1.807, 2.05) is 13.8 Å². The van der Waals surface area contributed by atoms with E-state index >= 15 is 0 Å². The number of carbonyl (C=O) groups excluding carboxylic acids is 1. The summed E-state index contributed by atoms with van der Waals surface area (Å²) in [5.74, 6) is -0.563. The van der Waals surface area contributed by atoms with E-state index in [0.29, 0.717) is 29.8 Å². The first-order valence-electron chi connectivity index (χ1n) is 12.6. The van der Waals surface area contributed by atoms with Crippen LogP contribution in [0.5, 0.6) is 5.88 Å². The second-order valence-electron chi connectivity index (χ2n) is 8.51.